The molecule has 25 heavy (non-hydrogen) atoms. The number of amides is 1. The molecule has 0 spiro atoms. The Morgan fingerprint density at radius 1 is 1.08 bits per heavy atom. The molecule has 0 fully saturated rings. The maximum Gasteiger partial charge on any atom is 0.312 e. The Labute approximate surface area is 142 Å². The summed E-state index contributed by atoms with van der Waals surface area (Å²) in [6.45, 7) is 0.0502. The number of carboxylic acids is 1. The third-order valence-corrected chi connectivity index (χ3v) is 4.49. The van der Waals surface area contributed by atoms with E-state index in [4.69, 9.17) is 0 Å². The summed E-state index contributed by atoms with van der Waals surface area (Å²) in [7, 11) is 0. The van der Waals surface area contributed by atoms with Crippen LogP contribution >= 0.6 is 0 Å². The molecule has 1 atom stereocenters. The van der Waals surface area contributed by atoms with Crippen molar-refractivity contribution in [3.63, 3.8) is 0 Å². The average molecular weight is 334 g/mol. The number of rotatable bonds is 2. The highest BCUT2D eigenvalue weighted by molar-refractivity contribution is 6.15. The van der Waals surface area contributed by atoms with Crippen LogP contribution in [0.4, 0.5) is 5.69 Å². The number of carboxylic acid groups (broad SMARTS) is 1. The van der Waals surface area contributed by atoms with E-state index in [1.165, 1.54) is 11.0 Å². The van der Waals surface area contributed by atoms with Crippen LogP contribution in [0, 0.1) is 0 Å². The Hall–Kier alpha value is -3.41. The van der Waals surface area contributed by atoms with Crippen molar-refractivity contribution in [3.8, 4) is 0 Å². The molecule has 2 N–H and O–H groups in total. The Bertz CT molecular complexity index is 1070. The molecule has 1 aliphatic rings. The second-order valence-corrected chi connectivity index (χ2v) is 5.96. The lowest BCUT2D eigenvalue weighted by Gasteiger charge is -2.18. The first-order valence-electron chi connectivity index (χ1n) is 7.82. The molecule has 1 amide bonds. The van der Waals surface area contributed by atoms with E-state index >= 15 is 0 Å². The largest absolute Gasteiger partial charge is 0.481 e. The van der Waals surface area contributed by atoms with Crippen LogP contribution in [0.5, 0.6) is 0 Å². The summed E-state index contributed by atoms with van der Waals surface area (Å²) < 4.78 is 0. The van der Waals surface area contributed by atoms with Crippen LogP contribution in [0.25, 0.3) is 10.9 Å². The van der Waals surface area contributed by atoms with Crippen LogP contribution in [-0.4, -0.2) is 28.5 Å². The quantitative estimate of drug-likeness (QED) is 0.753. The van der Waals surface area contributed by atoms with Crippen molar-refractivity contribution in [1.82, 2.24) is 4.98 Å². The molecule has 0 saturated heterocycles. The van der Waals surface area contributed by atoms with Crippen LogP contribution in [0.2, 0.25) is 0 Å². The Kier molecular flexibility index (Phi) is 3.39. The summed E-state index contributed by atoms with van der Waals surface area (Å²) in [6.07, 6.45) is 0. The van der Waals surface area contributed by atoms with Crippen LogP contribution < -0.4 is 10.5 Å². The molecule has 0 saturated carbocycles. The molecule has 2 aromatic carbocycles. The minimum Gasteiger partial charge on any atom is -0.481 e. The van der Waals surface area contributed by atoms with Gasteiger partial charge >= 0.3 is 5.97 Å². The minimum absolute atomic E-state index is 0.0502. The molecule has 0 aliphatic carbocycles. The molecule has 124 valence electrons. The molecule has 3 aromatic rings. The summed E-state index contributed by atoms with van der Waals surface area (Å²) in [4.78, 5) is 40.7. The van der Waals surface area contributed by atoms with Gasteiger partial charge in [0.2, 0.25) is 5.56 Å². The Balaban J connectivity index is 1.86. The van der Waals surface area contributed by atoms with Gasteiger partial charge in [0, 0.05) is 29.2 Å². The number of nitrogens with one attached hydrogen (secondary N) is 1. The topological polar surface area (TPSA) is 90.5 Å². The zero-order chi connectivity index (χ0) is 17.6. The lowest BCUT2D eigenvalue weighted by molar-refractivity contribution is -0.138. The van der Waals surface area contributed by atoms with E-state index in [-0.39, 0.29) is 23.6 Å². The van der Waals surface area contributed by atoms with Crippen LogP contribution in [-0.2, 0) is 4.79 Å². The predicted octanol–water partition coefficient (Wildman–Crippen LogP) is 2.36. The van der Waals surface area contributed by atoms with Gasteiger partial charge in [0.05, 0.1) is 5.56 Å². The van der Waals surface area contributed by atoms with Gasteiger partial charge in [-0.05, 0) is 17.7 Å². The lowest BCUT2D eigenvalue weighted by Crippen LogP contribution is -2.32. The van der Waals surface area contributed by atoms with Crippen LogP contribution in [0.1, 0.15) is 21.8 Å². The first-order valence-corrected chi connectivity index (χ1v) is 7.82. The monoisotopic (exact) mass is 334 g/mol. The van der Waals surface area contributed by atoms with Gasteiger partial charge in [0.1, 0.15) is 5.92 Å². The number of aromatic nitrogens is 1. The number of carbonyl (C=O) groups is 2. The molecule has 0 radical (unpaired) electrons. The third kappa shape index (κ3) is 2.39. The zero-order valence-electron chi connectivity index (χ0n) is 13.1. The molecular weight excluding hydrogens is 320 g/mol. The number of aliphatic carboxylic acids is 1. The summed E-state index contributed by atoms with van der Waals surface area (Å²) in [6, 6.07) is 15.3. The molecule has 6 heteroatoms. The van der Waals surface area contributed by atoms with E-state index in [0.29, 0.717) is 22.2 Å². The first-order chi connectivity index (χ1) is 12.1. The van der Waals surface area contributed by atoms with Crippen molar-refractivity contribution in [2.45, 2.75) is 5.92 Å². The number of carbonyl (C=O) groups excluding carboxylic acids is 1. The van der Waals surface area contributed by atoms with Crippen molar-refractivity contribution in [1.29, 1.82) is 0 Å². The van der Waals surface area contributed by atoms with Crippen molar-refractivity contribution >= 4 is 28.5 Å². The number of pyridine rings is 1. The number of para-hydroxylation sites is 2. The number of nitrogens with zero attached hydrogens (tertiary/aromatic N) is 1. The lowest BCUT2D eigenvalue weighted by atomic mass is 10.0. The zero-order valence-corrected chi connectivity index (χ0v) is 13.1. The van der Waals surface area contributed by atoms with Crippen LogP contribution in [0.3, 0.4) is 0 Å². The van der Waals surface area contributed by atoms with Gasteiger partial charge in [-0.1, -0.05) is 36.4 Å². The number of anilines is 1. The maximum absolute atomic E-state index is 13.1. The second-order valence-electron chi connectivity index (χ2n) is 5.96. The molecule has 0 bridgehead atoms. The molecule has 4 rings (SSSR count). The average Bonchev–Trinajstić information content (AvgIpc) is 3.00. The van der Waals surface area contributed by atoms with Crippen molar-refractivity contribution in [3.05, 3.63) is 76.1 Å². The molecule has 0 unspecified atom stereocenters. The van der Waals surface area contributed by atoms with E-state index in [2.05, 4.69) is 4.98 Å². The number of H-pyrrole nitrogens is 1. The van der Waals surface area contributed by atoms with Gasteiger partial charge in [-0.25, -0.2) is 0 Å². The molecule has 1 aliphatic heterocycles. The summed E-state index contributed by atoms with van der Waals surface area (Å²) in [5.74, 6) is -2.12. The smallest absolute Gasteiger partial charge is 0.312 e. The van der Waals surface area contributed by atoms with Gasteiger partial charge < -0.3 is 15.0 Å². The van der Waals surface area contributed by atoms with E-state index < -0.39 is 11.9 Å². The van der Waals surface area contributed by atoms with Gasteiger partial charge in [-0.2, -0.15) is 0 Å². The highest BCUT2D eigenvalue weighted by Gasteiger charge is 2.37. The highest BCUT2D eigenvalue weighted by atomic mass is 16.4. The Morgan fingerprint density at radius 3 is 2.60 bits per heavy atom. The van der Waals surface area contributed by atoms with E-state index in [1.807, 2.05) is 0 Å². The van der Waals surface area contributed by atoms with Gasteiger partial charge in [-0.15, -0.1) is 0 Å². The van der Waals surface area contributed by atoms with E-state index in [9.17, 15) is 19.5 Å². The fourth-order valence-electron chi connectivity index (χ4n) is 3.34. The van der Waals surface area contributed by atoms with Gasteiger partial charge in [0.25, 0.3) is 5.91 Å². The number of hydrogen-bond acceptors (Lipinski definition) is 3. The van der Waals surface area contributed by atoms with Gasteiger partial charge in [0.15, 0.2) is 0 Å². The van der Waals surface area contributed by atoms with Crippen molar-refractivity contribution < 1.29 is 14.7 Å². The molecular formula is C19H14N2O4. The fourth-order valence-corrected chi connectivity index (χ4v) is 3.34. The van der Waals surface area contributed by atoms with Crippen LogP contribution in [0.15, 0.2) is 59.4 Å². The number of hydrogen-bond donors (Lipinski definition) is 2. The second kappa shape index (κ2) is 5.59. The summed E-state index contributed by atoms with van der Waals surface area (Å²) in [5, 5.41) is 10.1. The van der Waals surface area contributed by atoms with E-state index in [1.54, 1.807) is 48.5 Å². The summed E-state index contributed by atoms with van der Waals surface area (Å²) >= 11 is 0. The number of aromatic amines is 1. The molecule has 1 aromatic heterocycles. The number of fused-ring (bicyclic) bond motifs is 2. The standard InChI is InChI=1S/C19H14N2O4/c22-17-9-13(11-5-1-3-7-15(11)20-17)18(23)21-10-14(19(24)25)12-6-2-4-8-16(12)21/h1-9,14H,10H2,(H,20,22)(H,24,25)/t14-/m1/s1. The first kappa shape index (κ1) is 15.1. The molecule has 2 heterocycles. The van der Waals surface area contributed by atoms with Crippen molar-refractivity contribution in [2.75, 3.05) is 11.4 Å². The normalized spacial score (nSPS) is 16.0. The Morgan fingerprint density at radius 2 is 1.80 bits per heavy atom. The van der Waals surface area contributed by atoms with Gasteiger partial charge in [-0.3, -0.25) is 14.4 Å². The van der Waals surface area contributed by atoms with E-state index in [0.717, 1.165) is 0 Å². The molecule has 6 nitrogen and oxygen atoms in total. The SMILES string of the molecule is O=C(O)[C@@H]1CN(C(=O)c2cc(=O)[nH]c3ccccc23)c2ccccc21. The highest BCUT2D eigenvalue weighted by Crippen LogP contribution is 2.37. The third-order valence-electron chi connectivity index (χ3n) is 4.49. The fraction of sp³-hybridized carbons (Fsp3) is 0.105. The van der Waals surface area contributed by atoms with Crippen molar-refractivity contribution in [2.24, 2.45) is 0 Å². The number of benzene rings is 2. The predicted molar refractivity (Wildman–Crippen MR) is 93.1 cm³/mol. The maximum atomic E-state index is 13.1. The summed E-state index contributed by atoms with van der Waals surface area (Å²) in [5.41, 5.74) is 1.65. The minimum atomic E-state index is -0.974.